The molecule has 2 nitrogen and oxygen atoms in total. The third-order valence-corrected chi connectivity index (χ3v) is 3.39. The number of hydrogen-bond acceptors (Lipinski definition) is 2. The Labute approximate surface area is 123 Å². The Hall–Kier alpha value is -1.12. The highest BCUT2D eigenvalue weighted by atomic mass is 16.7. The zero-order chi connectivity index (χ0) is 14.8. The summed E-state index contributed by atoms with van der Waals surface area (Å²) in [7, 11) is 0. The normalized spacial score (nSPS) is 19.3. The van der Waals surface area contributed by atoms with Gasteiger partial charge in [-0.3, -0.25) is 0 Å². The first kappa shape index (κ1) is 16.9. The fourth-order valence-electron chi connectivity index (χ4n) is 2.48. The molecule has 1 spiro atoms. The van der Waals surface area contributed by atoms with Crippen LogP contribution in [0.15, 0.2) is 36.4 Å². The topological polar surface area (TPSA) is 18.5 Å². The number of allylic oxidation sites excluding steroid dienone is 1. The molecule has 1 aromatic rings. The van der Waals surface area contributed by atoms with Crippen molar-refractivity contribution in [1.82, 2.24) is 0 Å². The Morgan fingerprint density at radius 1 is 0.900 bits per heavy atom. The minimum atomic E-state index is -0.293. The van der Waals surface area contributed by atoms with Crippen molar-refractivity contribution in [2.75, 3.05) is 13.2 Å². The molecule has 0 N–H and O–H groups in total. The number of hydrogen-bond donors (Lipinski definition) is 0. The maximum Gasteiger partial charge on any atom is 0.172 e. The van der Waals surface area contributed by atoms with Gasteiger partial charge in [0.25, 0.3) is 0 Å². The van der Waals surface area contributed by atoms with Crippen molar-refractivity contribution in [2.24, 2.45) is 0 Å². The summed E-state index contributed by atoms with van der Waals surface area (Å²) in [5.74, 6) is -0.293. The largest absolute Gasteiger partial charge is 0.347 e. The molecular formula is C18H28O2. The average Bonchev–Trinajstić information content (AvgIpc) is 3.01. The Kier molecular flexibility index (Phi) is 7.56. The summed E-state index contributed by atoms with van der Waals surface area (Å²) >= 11 is 0. The molecule has 0 saturated carbocycles. The molecule has 3 rings (SSSR count). The quantitative estimate of drug-likeness (QED) is 0.714. The molecule has 2 heteroatoms. The minimum absolute atomic E-state index is 0.293. The summed E-state index contributed by atoms with van der Waals surface area (Å²) in [5, 5.41) is 0. The SMILES string of the molecule is C1=C(c2ccccc2)CCC2(C1)OCCO2.CC.CC. The van der Waals surface area contributed by atoms with E-state index in [4.69, 9.17) is 9.47 Å². The van der Waals surface area contributed by atoms with Crippen molar-refractivity contribution in [3.63, 3.8) is 0 Å². The second-order valence-corrected chi connectivity index (χ2v) is 4.41. The Balaban J connectivity index is 0.000000461. The van der Waals surface area contributed by atoms with Crippen LogP contribution in [-0.2, 0) is 9.47 Å². The van der Waals surface area contributed by atoms with Gasteiger partial charge in [-0.05, 0) is 17.6 Å². The molecule has 1 fully saturated rings. The van der Waals surface area contributed by atoms with Crippen LogP contribution in [0.4, 0.5) is 0 Å². The van der Waals surface area contributed by atoms with Gasteiger partial charge < -0.3 is 9.47 Å². The summed E-state index contributed by atoms with van der Waals surface area (Å²) in [6.07, 6.45) is 5.18. The van der Waals surface area contributed by atoms with Crippen molar-refractivity contribution in [3.05, 3.63) is 42.0 Å². The van der Waals surface area contributed by atoms with Gasteiger partial charge in [0, 0.05) is 12.8 Å². The highest BCUT2D eigenvalue weighted by Crippen LogP contribution is 2.37. The van der Waals surface area contributed by atoms with E-state index in [1.54, 1.807) is 0 Å². The van der Waals surface area contributed by atoms with Crippen LogP contribution in [0.1, 0.15) is 52.5 Å². The molecule has 2 aliphatic rings. The van der Waals surface area contributed by atoms with Gasteiger partial charge in [-0.25, -0.2) is 0 Å². The standard InChI is InChI=1S/C14H16O2.2C2H6/c1-2-4-12(5-3-1)13-6-8-14(9-7-13)15-10-11-16-14;2*1-2/h1-6H,7-11H2;2*1-2H3. The molecule has 1 aliphatic carbocycles. The maximum atomic E-state index is 5.70. The van der Waals surface area contributed by atoms with Gasteiger partial charge in [0.05, 0.1) is 13.2 Å². The van der Waals surface area contributed by atoms with Crippen LogP contribution >= 0.6 is 0 Å². The zero-order valence-corrected chi connectivity index (χ0v) is 13.3. The van der Waals surface area contributed by atoms with Crippen LogP contribution in [0, 0.1) is 0 Å². The van der Waals surface area contributed by atoms with Gasteiger partial charge in [0.15, 0.2) is 5.79 Å². The molecule has 112 valence electrons. The lowest BCUT2D eigenvalue weighted by Gasteiger charge is -2.30. The number of ether oxygens (including phenoxy) is 2. The molecule has 20 heavy (non-hydrogen) atoms. The van der Waals surface area contributed by atoms with Crippen LogP contribution in [0.2, 0.25) is 0 Å². The van der Waals surface area contributed by atoms with Crippen molar-refractivity contribution in [1.29, 1.82) is 0 Å². The minimum Gasteiger partial charge on any atom is -0.347 e. The lowest BCUT2D eigenvalue weighted by atomic mass is 9.90. The van der Waals surface area contributed by atoms with Crippen molar-refractivity contribution >= 4 is 5.57 Å². The van der Waals surface area contributed by atoms with Crippen LogP contribution in [-0.4, -0.2) is 19.0 Å². The Bertz CT molecular complexity index is 389. The van der Waals surface area contributed by atoms with E-state index in [2.05, 4.69) is 36.4 Å². The van der Waals surface area contributed by atoms with Crippen LogP contribution in [0.5, 0.6) is 0 Å². The van der Waals surface area contributed by atoms with Crippen molar-refractivity contribution in [3.8, 4) is 0 Å². The fourth-order valence-corrected chi connectivity index (χ4v) is 2.48. The smallest absolute Gasteiger partial charge is 0.172 e. The highest BCUT2D eigenvalue weighted by Gasteiger charge is 2.37. The van der Waals surface area contributed by atoms with E-state index < -0.39 is 0 Å². The fraction of sp³-hybridized carbons (Fsp3) is 0.556. The van der Waals surface area contributed by atoms with E-state index in [1.807, 2.05) is 27.7 Å². The summed E-state index contributed by atoms with van der Waals surface area (Å²) < 4.78 is 11.4. The van der Waals surface area contributed by atoms with Crippen molar-refractivity contribution in [2.45, 2.75) is 52.7 Å². The first-order chi connectivity index (χ1) is 9.88. The van der Waals surface area contributed by atoms with E-state index in [-0.39, 0.29) is 5.79 Å². The van der Waals surface area contributed by atoms with Gasteiger partial charge in [-0.15, -0.1) is 0 Å². The second kappa shape index (κ2) is 8.93. The van der Waals surface area contributed by atoms with Gasteiger partial charge in [-0.1, -0.05) is 64.1 Å². The van der Waals surface area contributed by atoms with Crippen LogP contribution in [0.25, 0.3) is 5.57 Å². The summed E-state index contributed by atoms with van der Waals surface area (Å²) in [4.78, 5) is 0. The van der Waals surface area contributed by atoms with E-state index in [9.17, 15) is 0 Å². The monoisotopic (exact) mass is 276 g/mol. The second-order valence-electron chi connectivity index (χ2n) is 4.41. The van der Waals surface area contributed by atoms with Crippen LogP contribution in [0.3, 0.4) is 0 Å². The Morgan fingerprint density at radius 3 is 2.00 bits per heavy atom. The third-order valence-electron chi connectivity index (χ3n) is 3.39. The molecule has 1 aromatic carbocycles. The summed E-state index contributed by atoms with van der Waals surface area (Å²) in [6.45, 7) is 9.49. The van der Waals surface area contributed by atoms with Gasteiger partial charge >= 0.3 is 0 Å². The van der Waals surface area contributed by atoms with Gasteiger partial charge in [0.2, 0.25) is 0 Å². The molecule has 0 atom stereocenters. The van der Waals surface area contributed by atoms with Gasteiger partial charge in [-0.2, -0.15) is 0 Å². The summed E-state index contributed by atoms with van der Waals surface area (Å²) in [6, 6.07) is 10.6. The molecule has 0 aromatic heterocycles. The predicted molar refractivity (Wildman–Crippen MR) is 85.6 cm³/mol. The average molecular weight is 276 g/mol. The molecule has 0 radical (unpaired) electrons. The molecule has 1 heterocycles. The lowest BCUT2D eigenvalue weighted by Crippen LogP contribution is -2.31. The number of rotatable bonds is 1. The first-order valence-electron chi connectivity index (χ1n) is 7.90. The third kappa shape index (κ3) is 4.19. The molecule has 0 bridgehead atoms. The molecule has 0 amide bonds. The molecular weight excluding hydrogens is 248 g/mol. The van der Waals surface area contributed by atoms with Gasteiger partial charge in [0.1, 0.15) is 0 Å². The Morgan fingerprint density at radius 2 is 1.50 bits per heavy atom. The van der Waals surface area contributed by atoms with Crippen LogP contribution < -0.4 is 0 Å². The molecule has 1 aliphatic heterocycles. The summed E-state index contributed by atoms with van der Waals surface area (Å²) in [5.41, 5.74) is 2.75. The molecule has 1 saturated heterocycles. The maximum absolute atomic E-state index is 5.70. The lowest BCUT2D eigenvalue weighted by molar-refractivity contribution is -0.159. The molecule has 0 unspecified atom stereocenters. The zero-order valence-electron chi connectivity index (χ0n) is 13.3. The van der Waals surface area contributed by atoms with E-state index in [1.165, 1.54) is 11.1 Å². The van der Waals surface area contributed by atoms with E-state index in [0.29, 0.717) is 0 Å². The highest BCUT2D eigenvalue weighted by molar-refractivity contribution is 5.66. The van der Waals surface area contributed by atoms with E-state index >= 15 is 0 Å². The first-order valence-corrected chi connectivity index (χ1v) is 7.90. The van der Waals surface area contributed by atoms with Crippen molar-refractivity contribution < 1.29 is 9.47 Å². The van der Waals surface area contributed by atoms with E-state index in [0.717, 1.165) is 32.5 Å². The number of benzene rings is 1. The predicted octanol–water partition coefficient (Wildman–Crippen LogP) is 5.05.